The molecule has 1 heterocycles. The van der Waals surface area contributed by atoms with Gasteiger partial charge in [-0.25, -0.2) is 0 Å². The van der Waals surface area contributed by atoms with Gasteiger partial charge in [0.15, 0.2) is 0 Å². The number of thiol groups is 1. The van der Waals surface area contributed by atoms with Gasteiger partial charge < -0.3 is 5.32 Å². The monoisotopic (exact) mass is 288 g/mol. The third kappa shape index (κ3) is 3.51. The highest BCUT2D eigenvalue weighted by Gasteiger charge is 2.16. The molecular weight excluding hydrogens is 268 g/mol. The molecule has 0 fully saturated rings. The molecule has 3 nitrogen and oxygen atoms in total. The topological polar surface area (TPSA) is 42.0 Å². The van der Waals surface area contributed by atoms with E-state index in [1.165, 1.54) is 0 Å². The van der Waals surface area contributed by atoms with E-state index in [1.54, 1.807) is 6.20 Å². The second kappa shape index (κ2) is 6.75. The minimum Gasteiger partial charge on any atom is -0.355 e. The Morgan fingerprint density at radius 3 is 2.80 bits per heavy atom. The van der Waals surface area contributed by atoms with Gasteiger partial charge in [-0.2, -0.15) is 12.6 Å². The predicted molar refractivity (Wildman–Crippen MR) is 86.1 cm³/mol. The van der Waals surface area contributed by atoms with Gasteiger partial charge in [0.2, 0.25) is 5.91 Å². The number of carbonyl (C=O) groups is 1. The summed E-state index contributed by atoms with van der Waals surface area (Å²) < 4.78 is 0. The molecule has 1 amide bonds. The zero-order valence-corrected chi connectivity index (χ0v) is 12.7. The van der Waals surface area contributed by atoms with Gasteiger partial charge in [0, 0.05) is 18.1 Å². The van der Waals surface area contributed by atoms with E-state index in [9.17, 15) is 4.79 Å². The van der Waals surface area contributed by atoms with Crippen LogP contribution in [0.15, 0.2) is 36.5 Å². The van der Waals surface area contributed by atoms with Crippen LogP contribution in [0.1, 0.15) is 19.4 Å². The van der Waals surface area contributed by atoms with Crippen LogP contribution in [0, 0.1) is 5.92 Å². The van der Waals surface area contributed by atoms with Crippen molar-refractivity contribution in [2.24, 2.45) is 5.92 Å². The van der Waals surface area contributed by atoms with E-state index in [-0.39, 0.29) is 17.1 Å². The molecule has 4 heteroatoms. The fourth-order valence-corrected chi connectivity index (χ4v) is 2.19. The Morgan fingerprint density at radius 1 is 1.30 bits per heavy atom. The zero-order chi connectivity index (χ0) is 14.5. The molecule has 1 aromatic heterocycles. The van der Waals surface area contributed by atoms with Gasteiger partial charge in [0.05, 0.1) is 10.8 Å². The summed E-state index contributed by atoms with van der Waals surface area (Å²) >= 11 is 4.31. The van der Waals surface area contributed by atoms with E-state index in [0.29, 0.717) is 6.54 Å². The van der Waals surface area contributed by atoms with Crippen LogP contribution in [-0.2, 0) is 11.2 Å². The quantitative estimate of drug-likeness (QED) is 0.831. The van der Waals surface area contributed by atoms with E-state index < -0.39 is 0 Å². The molecule has 1 aromatic carbocycles. The van der Waals surface area contributed by atoms with Crippen LogP contribution >= 0.6 is 12.6 Å². The Morgan fingerprint density at radius 2 is 2.05 bits per heavy atom. The first-order chi connectivity index (χ1) is 9.59. The summed E-state index contributed by atoms with van der Waals surface area (Å²) in [5.41, 5.74) is 2.17. The van der Waals surface area contributed by atoms with Crippen LogP contribution in [0.3, 0.4) is 0 Å². The Kier molecular flexibility index (Phi) is 5.01. The number of hydrogen-bond acceptors (Lipinski definition) is 3. The maximum absolute atomic E-state index is 11.8. The summed E-state index contributed by atoms with van der Waals surface area (Å²) in [6, 6.07) is 10.1. The lowest BCUT2D eigenvalue weighted by atomic mass is 10.1. The molecule has 0 aliphatic rings. The summed E-state index contributed by atoms with van der Waals surface area (Å²) in [4.78, 5) is 16.2. The Hall–Kier alpha value is -1.55. The number of amides is 1. The molecule has 1 unspecified atom stereocenters. The van der Waals surface area contributed by atoms with Crippen LogP contribution in [0.5, 0.6) is 0 Å². The number of rotatable bonds is 5. The van der Waals surface area contributed by atoms with Gasteiger partial charge in [-0.3, -0.25) is 9.78 Å². The molecule has 0 bridgehead atoms. The molecule has 2 rings (SSSR count). The third-order valence-corrected chi connectivity index (χ3v) is 4.14. The van der Waals surface area contributed by atoms with E-state index in [0.717, 1.165) is 22.9 Å². The fraction of sp³-hybridized carbons (Fsp3) is 0.375. The Labute approximate surface area is 125 Å². The molecule has 0 aliphatic carbocycles. The number of para-hydroxylation sites is 1. The van der Waals surface area contributed by atoms with Crippen LogP contribution < -0.4 is 5.32 Å². The SMILES string of the molecule is CC(C)C(S)C(=O)NCCc1cccc2cccnc12. The van der Waals surface area contributed by atoms with Crippen LogP contribution in [0.2, 0.25) is 0 Å². The molecule has 0 saturated carbocycles. The predicted octanol–water partition coefficient (Wildman–Crippen LogP) is 2.85. The van der Waals surface area contributed by atoms with Gasteiger partial charge in [0.25, 0.3) is 0 Å². The van der Waals surface area contributed by atoms with Gasteiger partial charge in [-0.05, 0) is 24.0 Å². The third-order valence-electron chi connectivity index (χ3n) is 3.31. The number of nitrogens with one attached hydrogen (secondary N) is 1. The number of benzene rings is 1. The molecule has 2 aromatic rings. The summed E-state index contributed by atoms with van der Waals surface area (Å²) in [5, 5.41) is 3.81. The zero-order valence-electron chi connectivity index (χ0n) is 11.8. The molecule has 0 radical (unpaired) electrons. The summed E-state index contributed by atoms with van der Waals surface area (Å²) in [6.07, 6.45) is 2.58. The molecule has 0 saturated heterocycles. The van der Waals surface area contributed by atoms with Gasteiger partial charge in [-0.1, -0.05) is 38.1 Å². The van der Waals surface area contributed by atoms with Crippen molar-refractivity contribution in [1.82, 2.24) is 10.3 Å². The first kappa shape index (κ1) is 14.9. The van der Waals surface area contributed by atoms with Crippen LogP contribution in [0.4, 0.5) is 0 Å². The summed E-state index contributed by atoms with van der Waals surface area (Å²) in [7, 11) is 0. The molecule has 1 atom stereocenters. The van der Waals surface area contributed by atoms with Crippen molar-refractivity contribution >= 4 is 29.4 Å². The smallest absolute Gasteiger partial charge is 0.233 e. The largest absolute Gasteiger partial charge is 0.355 e. The first-order valence-electron chi connectivity index (χ1n) is 6.88. The normalized spacial score (nSPS) is 12.6. The van der Waals surface area contributed by atoms with Crippen molar-refractivity contribution in [3.8, 4) is 0 Å². The highest BCUT2D eigenvalue weighted by atomic mass is 32.1. The number of carbonyl (C=O) groups excluding carboxylic acids is 1. The minimum atomic E-state index is -0.249. The summed E-state index contributed by atoms with van der Waals surface area (Å²) in [5.74, 6) is 0.231. The standard InChI is InChI=1S/C16H20N2OS/c1-11(2)15(20)16(19)18-10-8-13-6-3-5-12-7-4-9-17-14(12)13/h3-7,9,11,15,20H,8,10H2,1-2H3,(H,18,19). The second-order valence-corrected chi connectivity index (χ2v) is 5.78. The van der Waals surface area contributed by atoms with Crippen LogP contribution in [0.25, 0.3) is 10.9 Å². The molecule has 0 aliphatic heterocycles. The van der Waals surface area contributed by atoms with Crippen molar-refractivity contribution in [2.75, 3.05) is 6.54 Å². The second-order valence-electron chi connectivity index (χ2n) is 5.22. The van der Waals surface area contributed by atoms with Crippen molar-refractivity contribution in [3.63, 3.8) is 0 Å². The maximum Gasteiger partial charge on any atom is 0.233 e. The van der Waals surface area contributed by atoms with E-state index in [4.69, 9.17) is 0 Å². The lowest BCUT2D eigenvalue weighted by molar-refractivity contribution is -0.121. The maximum atomic E-state index is 11.8. The first-order valence-corrected chi connectivity index (χ1v) is 7.39. The van der Waals surface area contributed by atoms with Crippen molar-refractivity contribution in [3.05, 3.63) is 42.1 Å². The summed E-state index contributed by atoms with van der Waals surface area (Å²) in [6.45, 7) is 4.59. The average molecular weight is 288 g/mol. The number of fused-ring (bicyclic) bond motifs is 1. The van der Waals surface area contributed by atoms with Crippen molar-refractivity contribution in [1.29, 1.82) is 0 Å². The lowest BCUT2D eigenvalue weighted by Gasteiger charge is -2.14. The Balaban J connectivity index is 1.98. The van der Waals surface area contributed by atoms with Crippen molar-refractivity contribution < 1.29 is 4.79 Å². The average Bonchev–Trinajstić information content (AvgIpc) is 2.46. The van der Waals surface area contributed by atoms with E-state index >= 15 is 0 Å². The number of aromatic nitrogens is 1. The lowest BCUT2D eigenvalue weighted by Crippen LogP contribution is -2.35. The number of hydrogen-bond donors (Lipinski definition) is 2. The van der Waals surface area contributed by atoms with Gasteiger partial charge in [-0.15, -0.1) is 0 Å². The van der Waals surface area contributed by atoms with Crippen molar-refractivity contribution in [2.45, 2.75) is 25.5 Å². The molecular formula is C16H20N2OS. The molecule has 1 N–H and O–H groups in total. The highest BCUT2D eigenvalue weighted by Crippen LogP contribution is 2.16. The molecule has 106 valence electrons. The number of nitrogens with zero attached hydrogens (tertiary/aromatic N) is 1. The van der Waals surface area contributed by atoms with Gasteiger partial charge in [0.1, 0.15) is 0 Å². The van der Waals surface area contributed by atoms with Gasteiger partial charge >= 0.3 is 0 Å². The van der Waals surface area contributed by atoms with Crippen LogP contribution in [-0.4, -0.2) is 22.7 Å². The van der Waals surface area contributed by atoms with E-state index in [2.05, 4.69) is 29.0 Å². The fourth-order valence-electron chi connectivity index (χ4n) is 2.10. The minimum absolute atomic E-state index is 0.00321. The molecule has 0 spiro atoms. The highest BCUT2D eigenvalue weighted by molar-refractivity contribution is 7.81. The Bertz CT molecular complexity index is 593. The van der Waals surface area contributed by atoms with E-state index in [1.807, 2.05) is 38.1 Å². The molecule has 20 heavy (non-hydrogen) atoms. The number of pyridine rings is 1.